The summed E-state index contributed by atoms with van der Waals surface area (Å²) < 4.78 is 22.9. The molecule has 70 valence electrons. The van der Waals surface area contributed by atoms with Crippen molar-refractivity contribution >= 4 is 6.09 Å². The van der Waals surface area contributed by atoms with Gasteiger partial charge in [0.2, 0.25) is 0 Å². The first kappa shape index (κ1) is 10.8. The van der Waals surface area contributed by atoms with Gasteiger partial charge in [-0.15, -0.1) is 0 Å². The molecule has 0 aromatic heterocycles. The number of carboxylic acid groups (broad SMARTS) is 1. The van der Waals surface area contributed by atoms with Crippen LogP contribution in [0.4, 0.5) is 13.6 Å². The van der Waals surface area contributed by atoms with E-state index in [1.54, 1.807) is 0 Å². The molecule has 0 saturated carbocycles. The van der Waals surface area contributed by atoms with Crippen molar-refractivity contribution in [2.24, 2.45) is 0 Å². The number of nitrogens with one attached hydrogen (secondary N) is 1. The molecule has 0 fully saturated rings. The molecule has 0 saturated heterocycles. The van der Waals surface area contributed by atoms with Crippen LogP contribution in [-0.4, -0.2) is 29.0 Å². The standard InChI is InChI=1S/C6H9F2NO3/c7-5(8)2-1-4(3-10)9-6(11)12/h2,4,9-10H,1,3H2,(H,11,12). The fraction of sp³-hybridized carbons (Fsp3) is 0.500. The number of hydrogen-bond donors (Lipinski definition) is 3. The van der Waals surface area contributed by atoms with Gasteiger partial charge in [0.05, 0.1) is 12.6 Å². The number of aliphatic hydroxyl groups is 1. The molecule has 0 aromatic carbocycles. The summed E-state index contributed by atoms with van der Waals surface area (Å²) in [5.74, 6) is 0. The number of amides is 1. The van der Waals surface area contributed by atoms with Crippen LogP contribution in [0.3, 0.4) is 0 Å². The van der Waals surface area contributed by atoms with Gasteiger partial charge in [0, 0.05) is 0 Å². The minimum absolute atomic E-state index is 0.217. The minimum atomic E-state index is -1.89. The van der Waals surface area contributed by atoms with Crippen LogP contribution in [0.15, 0.2) is 12.2 Å². The lowest BCUT2D eigenvalue weighted by Crippen LogP contribution is -2.35. The number of aliphatic hydroxyl groups excluding tert-OH is 1. The van der Waals surface area contributed by atoms with Crippen molar-refractivity contribution in [3.63, 3.8) is 0 Å². The first-order valence-corrected chi connectivity index (χ1v) is 3.17. The van der Waals surface area contributed by atoms with Gasteiger partial charge in [-0.25, -0.2) is 4.79 Å². The van der Waals surface area contributed by atoms with E-state index in [2.05, 4.69) is 0 Å². The second-order valence-corrected chi connectivity index (χ2v) is 2.06. The molecule has 0 heterocycles. The topological polar surface area (TPSA) is 69.6 Å². The first-order chi connectivity index (χ1) is 5.56. The van der Waals surface area contributed by atoms with E-state index in [4.69, 9.17) is 10.2 Å². The Bertz CT molecular complexity index is 180. The molecule has 0 spiro atoms. The molecule has 6 heteroatoms. The fourth-order valence-electron chi connectivity index (χ4n) is 0.585. The Labute approximate surface area is 67.5 Å². The van der Waals surface area contributed by atoms with Crippen molar-refractivity contribution in [1.29, 1.82) is 0 Å². The third kappa shape index (κ3) is 5.60. The van der Waals surface area contributed by atoms with E-state index < -0.39 is 24.8 Å². The molecule has 0 rings (SSSR count). The minimum Gasteiger partial charge on any atom is -0.465 e. The normalized spacial score (nSPS) is 11.9. The van der Waals surface area contributed by atoms with Gasteiger partial charge in [0.25, 0.3) is 6.08 Å². The second-order valence-electron chi connectivity index (χ2n) is 2.06. The zero-order valence-corrected chi connectivity index (χ0v) is 6.13. The third-order valence-corrected chi connectivity index (χ3v) is 1.10. The van der Waals surface area contributed by atoms with E-state index in [-0.39, 0.29) is 6.42 Å². The number of carbonyl (C=O) groups is 1. The zero-order valence-electron chi connectivity index (χ0n) is 6.13. The molecule has 0 bridgehead atoms. The van der Waals surface area contributed by atoms with Crippen LogP contribution in [0.2, 0.25) is 0 Å². The summed E-state index contributed by atoms with van der Waals surface area (Å²) >= 11 is 0. The van der Waals surface area contributed by atoms with Crippen LogP contribution in [0, 0.1) is 0 Å². The Morgan fingerprint density at radius 1 is 1.58 bits per heavy atom. The van der Waals surface area contributed by atoms with Gasteiger partial charge in [0.1, 0.15) is 0 Å². The molecule has 3 N–H and O–H groups in total. The van der Waals surface area contributed by atoms with Crippen LogP contribution in [0.25, 0.3) is 0 Å². The highest BCUT2D eigenvalue weighted by Crippen LogP contribution is 2.01. The Morgan fingerprint density at radius 3 is 2.50 bits per heavy atom. The highest BCUT2D eigenvalue weighted by atomic mass is 19.3. The summed E-state index contributed by atoms with van der Waals surface area (Å²) in [6.07, 6.45) is -2.90. The van der Waals surface area contributed by atoms with Crippen LogP contribution in [0.1, 0.15) is 6.42 Å². The first-order valence-electron chi connectivity index (χ1n) is 3.17. The third-order valence-electron chi connectivity index (χ3n) is 1.10. The largest absolute Gasteiger partial charge is 0.465 e. The van der Waals surface area contributed by atoms with Crippen molar-refractivity contribution in [2.75, 3.05) is 6.61 Å². The number of rotatable bonds is 4. The maximum Gasteiger partial charge on any atom is 0.404 e. The number of hydrogen-bond acceptors (Lipinski definition) is 2. The maximum atomic E-state index is 11.5. The highest BCUT2D eigenvalue weighted by molar-refractivity contribution is 5.64. The van der Waals surface area contributed by atoms with Gasteiger partial charge in [-0.2, -0.15) is 8.78 Å². The predicted molar refractivity (Wildman–Crippen MR) is 37.0 cm³/mol. The molecular formula is C6H9F2NO3. The van der Waals surface area contributed by atoms with Crippen molar-refractivity contribution in [3.8, 4) is 0 Å². The van der Waals surface area contributed by atoms with Crippen LogP contribution in [-0.2, 0) is 0 Å². The van der Waals surface area contributed by atoms with E-state index in [1.807, 2.05) is 5.32 Å². The molecule has 1 unspecified atom stereocenters. The smallest absolute Gasteiger partial charge is 0.404 e. The average molecular weight is 181 g/mol. The maximum absolute atomic E-state index is 11.5. The lowest BCUT2D eigenvalue weighted by atomic mass is 10.2. The zero-order chi connectivity index (χ0) is 9.56. The Balaban J connectivity index is 3.83. The molecular weight excluding hydrogens is 172 g/mol. The molecule has 0 aliphatic heterocycles. The van der Waals surface area contributed by atoms with Crippen LogP contribution < -0.4 is 5.32 Å². The van der Waals surface area contributed by atoms with Gasteiger partial charge in [-0.3, -0.25) is 0 Å². The summed E-state index contributed by atoms with van der Waals surface area (Å²) in [4.78, 5) is 9.98. The van der Waals surface area contributed by atoms with E-state index >= 15 is 0 Å². The van der Waals surface area contributed by atoms with Crippen LogP contribution in [0.5, 0.6) is 0 Å². The van der Waals surface area contributed by atoms with E-state index in [9.17, 15) is 13.6 Å². The van der Waals surface area contributed by atoms with Gasteiger partial charge in [-0.1, -0.05) is 0 Å². The molecule has 0 radical (unpaired) electrons. The van der Waals surface area contributed by atoms with Crippen molar-refractivity contribution in [3.05, 3.63) is 12.2 Å². The lowest BCUT2D eigenvalue weighted by Gasteiger charge is -2.10. The summed E-state index contributed by atoms with van der Waals surface area (Å²) in [6, 6.07) is -0.871. The van der Waals surface area contributed by atoms with E-state index in [1.165, 1.54) is 0 Å². The summed E-state index contributed by atoms with van der Waals surface area (Å²) in [5, 5.41) is 18.5. The van der Waals surface area contributed by atoms with Gasteiger partial charge >= 0.3 is 6.09 Å². The SMILES string of the molecule is O=C(O)NC(CO)CC=C(F)F. The monoisotopic (exact) mass is 181 g/mol. The quantitative estimate of drug-likeness (QED) is 0.600. The number of halogens is 2. The van der Waals surface area contributed by atoms with Crippen LogP contribution >= 0.6 is 0 Å². The summed E-state index contributed by atoms with van der Waals surface area (Å²) in [7, 11) is 0. The molecule has 1 atom stereocenters. The molecule has 1 amide bonds. The Morgan fingerprint density at radius 2 is 2.17 bits per heavy atom. The van der Waals surface area contributed by atoms with Gasteiger partial charge < -0.3 is 15.5 Å². The highest BCUT2D eigenvalue weighted by Gasteiger charge is 2.08. The second kappa shape index (κ2) is 5.48. The molecule has 0 aliphatic rings. The molecule has 4 nitrogen and oxygen atoms in total. The predicted octanol–water partition coefficient (Wildman–Crippen LogP) is 0.785. The molecule has 12 heavy (non-hydrogen) atoms. The van der Waals surface area contributed by atoms with E-state index in [0.29, 0.717) is 6.08 Å². The fourth-order valence-corrected chi connectivity index (χ4v) is 0.585. The van der Waals surface area contributed by atoms with Gasteiger partial charge in [0.15, 0.2) is 0 Å². The lowest BCUT2D eigenvalue weighted by molar-refractivity contribution is 0.177. The molecule has 0 aromatic rings. The summed E-state index contributed by atoms with van der Waals surface area (Å²) in [5.41, 5.74) is 0. The summed E-state index contributed by atoms with van der Waals surface area (Å²) in [6.45, 7) is -0.504. The Kier molecular flexibility index (Phi) is 4.94. The van der Waals surface area contributed by atoms with Crippen molar-refractivity contribution in [2.45, 2.75) is 12.5 Å². The van der Waals surface area contributed by atoms with Gasteiger partial charge in [-0.05, 0) is 12.5 Å². The Hall–Kier alpha value is -1.17. The average Bonchev–Trinajstić information content (AvgIpc) is 1.97. The van der Waals surface area contributed by atoms with E-state index in [0.717, 1.165) is 0 Å². The molecule has 0 aliphatic carbocycles. The van der Waals surface area contributed by atoms with Crippen molar-refractivity contribution < 1.29 is 23.8 Å². The van der Waals surface area contributed by atoms with Crippen molar-refractivity contribution in [1.82, 2.24) is 5.32 Å².